The minimum Gasteiger partial charge on any atom is -0.358 e. The van der Waals surface area contributed by atoms with Crippen molar-refractivity contribution in [1.29, 1.82) is 0 Å². The molecule has 5 heteroatoms. The number of nitrogens with zero attached hydrogens (tertiary/aromatic N) is 3. The Morgan fingerprint density at radius 3 is 3.00 bits per heavy atom. The number of nitrogens with one attached hydrogen (secondary N) is 1. The maximum absolute atomic E-state index is 11.6. The van der Waals surface area contributed by atoms with Crippen molar-refractivity contribution in [3.05, 3.63) is 22.2 Å². The second kappa shape index (κ2) is 6.19. The smallest absolute Gasteiger partial charge is 0.252 e. The Kier molecular flexibility index (Phi) is 4.58. The molecule has 0 saturated carbocycles. The molecule has 2 rings (SSSR count). The van der Waals surface area contributed by atoms with Crippen LogP contribution in [0.3, 0.4) is 0 Å². The van der Waals surface area contributed by atoms with Crippen molar-refractivity contribution < 1.29 is 0 Å². The molecule has 1 aliphatic rings. The Balaban J connectivity index is 2.09. The first-order chi connectivity index (χ1) is 9.13. The number of likely N-dealkylation sites (tertiary alicyclic amines) is 1. The lowest BCUT2D eigenvalue weighted by Crippen LogP contribution is -2.39. The molecule has 0 aromatic carbocycles. The van der Waals surface area contributed by atoms with Gasteiger partial charge in [-0.25, -0.2) is 4.98 Å². The summed E-state index contributed by atoms with van der Waals surface area (Å²) in [5.41, 5.74) is -0.0625. The zero-order chi connectivity index (χ0) is 13.8. The second-order valence-corrected chi connectivity index (χ2v) is 5.21. The van der Waals surface area contributed by atoms with E-state index in [-0.39, 0.29) is 5.56 Å². The molecule has 1 aliphatic heterocycles. The van der Waals surface area contributed by atoms with Gasteiger partial charge in [0.05, 0.1) is 0 Å². The first kappa shape index (κ1) is 14.1. The highest BCUT2D eigenvalue weighted by molar-refractivity contribution is 5.36. The molecular weight excluding hydrogens is 240 g/mol. The van der Waals surface area contributed by atoms with Gasteiger partial charge in [0.1, 0.15) is 11.6 Å². The van der Waals surface area contributed by atoms with Gasteiger partial charge in [-0.2, -0.15) is 0 Å². The Hall–Kier alpha value is -1.36. The molecule has 0 radical (unpaired) electrons. The van der Waals surface area contributed by atoms with Gasteiger partial charge < -0.3 is 9.88 Å². The van der Waals surface area contributed by atoms with Gasteiger partial charge in [-0.3, -0.25) is 9.69 Å². The normalized spacial score (nSPS) is 19.8. The van der Waals surface area contributed by atoms with Gasteiger partial charge in [-0.15, -0.1) is 0 Å². The van der Waals surface area contributed by atoms with Crippen LogP contribution in [0.5, 0.6) is 0 Å². The zero-order valence-electron chi connectivity index (χ0n) is 12.1. The fraction of sp³-hybridized carbons (Fsp3) is 0.714. The molecule has 2 heterocycles. The minimum atomic E-state index is -0.0625. The van der Waals surface area contributed by atoms with Crippen molar-refractivity contribution in [3.63, 3.8) is 0 Å². The molecule has 1 saturated heterocycles. The lowest BCUT2D eigenvalue weighted by Gasteiger charge is -2.28. The summed E-state index contributed by atoms with van der Waals surface area (Å²) in [7, 11) is 2.02. The first-order valence-corrected chi connectivity index (χ1v) is 7.19. The third kappa shape index (κ3) is 3.35. The zero-order valence-corrected chi connectivity index (χ0v) is 12.1. The van der Waals surface area contributed by atoms with E-state index < -0.39 is 0 Å². The maximum Gasteiger partial charge on any atom is 0.252 e. The molecule has 1 aromatic rings. The average Bonchev–Trinajstić information content (AvgIpc) is 2.85. The van der Waals surface area contributed by atoms with Crippen LogP contribution in [0.1, 0.15) is 32.5 Å². The monoisotopic (exact) mass is 264 g/mol. The summed E-state index contributed by atoms with van der Waals surface area (Å²) in [6.07, 6.45) is 3.26. The number of hydrogen-bond donors (Lipinski definition) is 1. The Labute approximate surface area is 114 Å². The molecule has 1 aromatic heterocycles. The number of aromatic amines is 1. The van der Waals surface area contributed by atoms with Crippen LogP contribution >= 0.6 is 0 Å². The van der Waals surface area contributed by atoms with E-state index in [1.54, 1.807) is 6.07 Å². The predicted molar refractivity (Wildman–Crippen MR) is 77.8 cm³/mol. The highest BCUT2D eigenvalue weighted by atomic mass is 16.1. The number of likely N-dealkylation sites (N-methyl/N-ethyl adjacent to an activating group) is 2. The van der Waals surface area contributed by atoms with Crippen LogP contribution in [0.2, 0.25) is 0 Å². The van der Waals surface area contributed by atoms with E-state index in [0.717, 1.165) is 31.2 Å². The number of H-pyrrole nitrogens is 1. The standard InChI is InChI=1S/C14H24N4O/c1-4-12-15-13(9-14(19)16-12)17(3)10-11-7-6-8-18(11)5-2/h9,11H,4-8,10H2,1-3H3,(H,15,16,19). The van der Waals surface area contributed by atoms with E-state index in [9.17, 15) is 4.79 Å². The van der Waals surface area contributed by atoms with Gasteiger partial charge in [0, 0.05) is 32.1 Å². The van der Waals surface area contributed by atoms with Gasteiger partial charge in [0.25, 0.3) is 5.56 Å². The molecule has 0 bridgehead atoms. The summed E-state index contributed by atoms with van der Waals surface area (Å²) in [6.45, 7) is 7.43. The SMILES string of the molecule is CCc1nc(N(C)CC2CCCN2CC)cc(=O)[nH]1. The minimum absolute atomic E-state index is 0.0625. The van der Waals surface area contributed by atoms with Crippen LogP contribution in [0, 0.1) is 0 Å². The fourth-order valence-electron chi connectivity index (χ4n) is 2.78. The molecule has 0 amide bonds. The van der Waals surface area contributed by atoms with E-state index in [2.05, 4.69) is 26.7 Å². The van der Waals surface area contributed by atoms with E-state index in [1.807, 2.05) is 14.0 Å². The molecule has 106 valence electrons. The van der Waals surface area contributed by atoms with E-state index in [0.29, 0.717) is 6.04 Å². The van der Waals surface area contributed by atoms with Crippen LogP contribution in [0.4, 0.5) is 5.82 Å². The van der Waals surface area contributed by atoms with Gasteiger partial charge in [0.2, 0.25) is 0 Å². The summed E-state index contributed by atoms with van der Waals surface area (Å²) in [6, 6.07) is 2.17. The van der Waals surface area contributed by atoms with Gasteiger partial charge in [0.15, 0.2) is 0 Å². The third-order valence-corrected chi connectivity index (χ3v) is 3.89. The molecule has 0 spiro atoms. The Bertz CT molecular complexity index is 471. The van der Waals surface area contributed by atoms with E-state index in [4.69, 9.17) is 0 Å². The molecule has 1 unspecified atom stereocenters. The third-order valence-electron chi connectivity index (χ3n) is 3.89. The largest absolute Gasteiger partial charge is 0.358 e. The van der Waals surface area contributed by atoms with Crippen molar-refractivity contribution in [3.8, 4) is 0 Å². The van der Waals surface area contributed by atoms with Crippen LogP contribution in [0.15, 0.2) is 10.9 Å². The Morgan fingerprint density at radius 1 is 1.53 bits per heavy atom. The first-order valence-electron chi connectivity index (χ1n) is 7.19. The van der Waals surface area contributed by atoms with Gasteiger partial charge >= 0.3 is 0 Å². The number of hydrogen-bond acceptors (Lipinski definition) is 4. The summed E-state index contributed by atoms with van der Waals surface area (Å²) in [5.74, 6) is 1.54. The van der Waals surface area contributed by atoms with E-state index >= 15 is 0 Å². The topological polar surface area (TPSA) is 52.2 Å². The Morgan fingerprint density at radius 2 is 2.32 bits per heavy atom. The van der Waals surface area contributed by atoms with Crippen LogP contribution in [-0.2, 0) is 6.42 Å². The lowest BCUT2D eigenvalue weighted by molar-refractivity contribution is 0.270. The van der Waals surface area contributed by atoms with Crippen molar-refractivity contribution in [2.45, 2.75) is 39.2 Å². The lowest BCUT2D eigenvalue weighted by atomic mass is 10.2. The summed E-state index contributed by atoms with van der Waals surface area (Å²) >= 11 is 0. The van der Waals surface area contributed by atoms with Crippen LogP contribution in [0.25, 0.3) is 0 Å². The highest BCUT2D eigenvalue weighted by Gasteiger charge is 2.24. The summed E-state index contributed by atoms with van der Waals surface area (Å²) < 4.78 is 0. The number of rotatable bonds is 5. The molecule has 1 N–H and O–H groups in total. The maximum atomic E-state index is 11.6. The molecule has 19 heavy (non-hydrogen) atoms. The molecular formula is C14H24N4O. The fourth-order valence-corrected chi connectivity index (χ4v) is 2.78. The molecule has 0 aliphatic carbocycles. The van der Waals surface area contributed by atoms with Gasteiger partial charge in [-0.1, -0.05) is 13.8 Å². The van der Waals surface area contributed by atoms with Crippen molar-refractivity contribution in [2.24, 2.45) is 0 Å². The van der Waals surface area contributed by atoms with Crippen molar-refractivity contribution in [2.75, 3.05) is 31.6 Å². The number of anilines is 1. The summed E-state index contributed by atoms with van der Waals surface area (Å²) in [5, 5.41) is 0. The highest BCUT2D eigenvalue weighted by Crippen LogP contribution is 2.19. The van der Waals surface area contributed by atoms with Crippen LogP contribution < -0.4 is 10.5 Å². The van der Waals surface area contributed by atoms with Crippen LogP contribution in [-0.4, -0.2) is 47.6 Å². The van der Waals surface area contributed by atoms with Crippen molar-refractivity contribution in [1.82, 2.24) is 14.9 Å². The quantitative estimate of drug-likeness (QED) is 0.869. The number of aromatic nitrogens is 2. The molecule has 1 fully saturated rings. The average molecular weight is 264 g/mol. The summed E-state index contributed by atoms with van der Waals surface area (Å²) in [4.78, 5) is 23.5. The van der Waals surface area contributed by atoms with E-state index in [1.165, 1.54) is 19.4 Å². The second-order valence-electron chi connectivity index (χ2n) is 5.21. The van der Waals surface area contributed by atoms with Gasteiger partial charge in [-0.05, 0) is 25.9 Å². The molecule has 5 nitrogen and oxygen atoms in total. The van der Waals surface area contributed by atoms with Crippen molar-refractivity contribution >= 4 is 5.82 Å². The predicted octanol–water partition coefficient (Wildman–Crippen LogP) is 1.25. The molecule has 1 atom stereocenters. The number of aryl methyl sites for hydroxylation is 1.